The first kappa shape index (κ1) is 17.8. The molecule has 0 heteroatoms. The molecule has 0 radical (unpaired) electrons. The number of hydrogen-bond acceptors (Lipinski definition) is 0. The van der Waals surface area contributed by atoms with Gasteiger partial charge < -0.3 is 0 Å². The summed E-state index contributed by atoms with van der Waals surface area (Å²) in [4.78, 5) is 0. The van der Waals surface area contributed by atoms with E-state index >= 15 is 0 Å². The van der Waals surface area contributed by atoms with Crippen molar-refractivity contribution in [2.75, 3.05) is 0 Å². The smallest absolute Gasteiger partial charge is 0.0162 e. The van der Waals surface area contributed by atoms with Crippen LogP contribution in [0.4, 0.5) is 0 Å². The maximum Gasteiger partial charge on any atom is -0.0162 e. The first-order valence-corrected chi connectivity index (χ1v) is 9.49. The minimum absolute atomic E-state index is 0.754. The van der Waals surface area contributed by atoms with Crippen molar-refractivity contribution >= 4 is 0 Å². The Morgan fingerprint density at radius 2 is 1.26 bits per heavy atom. The molecule has 0 aliphatic heterocycles. The molecule has 0 aliphatic rings. The molecular formula is C23H32. The molecule has 2 aromatic carbocycles. The van der Waals surface area contributed by atoms with E-state index in [1.54, 1.807) is 5.56 Å². The van der Waals surface area contributed by atoms with E-state index < -0.39 is 0 Å². The van der Waals surface area contributed by atoms with Crippen LogP contribution in [0.25, 0.3) is 0 Å². The van der Waals surface area contributed by atoms with Crippen molar-refractivity contribution < 1.29 is 0 Å². The van der Waals surface area contributed by atoms with Gasteiger partial charge in [0.1, 0.15) is 0 Å². The summed E-state index contributed by atoms with van der Waals surface area (Å²) in [5, 5.41) is 0. The van der Waals surface area contributed by atoms with Crippen molar-refractivity contribution in [1.29, 1.82) is 0 Å². The fourth-order valence-electron chi connectivity index (χ4n) is 3.38. The van der Waals surface area contributed by atoms with Crippen LogP contribution in [-0.4, -0.2) is 0 Å². The molecular weight excluding hydrogens is 276 g/mol. The average Bonchev–Trinajstić information content (AvgIpc) is 2.62. The van der Waals surface area contributed by atoms with Crippen LogP contribution in [0.15, 0.2) is 60.7 Å². The van der Waals surface area contributed by atoms with Gasteiger partial charge in [0.25, 0.3) is 0 Å². The van der Waals surface area contributed by atoms with Gasteiger partial charge in [0.2, 0.25) is 0 Å². The van der Waals surface area contributed by atoms with E-state index in [1.807, 2.05) is 0 Å². The quantitative estimate of drug-likeness (QED) is 0.386. The van der Waals surface area contributed by atoms with Gasteiger partial charge in [0.15, 0.2) is 0 Å². The van der Waals surface area contributed by atoms with Crippen LogP contribution < -0.4 is 0 Å². The second-order valence-corrected chi connectivity index (χ2v) is 6.69. The second kappa shape index (κ2) is 11.0. The van der Waals surface area contributed by atoms with E-state index in [0.29, 0.717) is 0 Å². The zero-order valence-corrected chi connectivity index (χ0v) is 14.7. The lowest BCUT2D eigenvalue weighted by atomic mass is 9.88. The molecule has 0 spiro atoms. The topological polar surface area (TPSA) is 0 Å². The highest BCUT2D eigenvalue weighted by Crippen LogP contribution is 2.28. The third kappa shape index (κ3) is 7.03. The Bertz CT molecular complexity index is 500. The van der Waals surface area contributed by atoms with Gasteiger partial charge in [-0.25, -0.2) is 0 Å². The third-order valence-electron chi connectivity index (χ3n) is 4.79. The maximum absolute atomic E-state index is 2.32. The van der Waals surface area contributed by atoms with Crippen LogP contribution in [0.5, 0.6) is 0 Å². The molecule has 2 rings (SSSR count). The van der Waals surface area contributed by atoms with Gasteiger partial charge in [0, 0.05) is 0 Å². The number of unbranched alkanes of at least 4 members (excludes halogenated alkanes) is 4. The van der Waals surface area contributed by atoms with Crippen molar-refractivity contribution in [3.05, 3.63) is 71.8 Å². The Kier molecular flexibility index (Phi) is 8.55. The van der Waals surface area contributed by atoms with Gasteiger partial charge in [-0.2, -0.15) is 0 Å². The van der Waals surface area contributed by atoms with E-state index in [9.17, 15) is 0 Å². The minimum Gasteiger partial charge on any atom is -0.0654 e. The fourth-order valence-corrected chi connectivity index (χ4v) is 3.38. The van der Waals surface area contributed by atoms with Gasteiger partial charge in [-0.3, -0.25) is 0 Å². The first-order valence-electron chi connectivity index (χ1n) is 9.49. The Morgan fingerprint density at radius 3 is 1.91 bits per heavy atom. The van der Waals surface area contributed by atoms with Crippen LogP contribution in [0, 0.1) is 0 Å². The summed E-state index contributed by atoms with van der Waals surface area (Å²) in [5.74, 6) is 0.754. The Hall–Kier alpha value is -1.56. The highest BCUT2D eigenvalue weighted by Gasteiger charge is 2.10. The molecule has 0 heterocycles. The van der Waals surface area contributed by atoms with Gasteiger partial charge in [-0.05, 0) is 42.7 Å². The van der Waals surface area contributed by atoms with E-state index in [2.05, 4.69) is 67.6 Å². The van der Waals surface area contributed by atoms with Gasteiger partial charge in [0.05, 0.1) is 0 Å². The summed E-state index contributed by atoms with van der Waals surface area (Å²) in [6.07, 6.45) is 12.0. The molecule has 0 nitrogen and oxygen atoms in total. The largest absolute Gasteiger partial charge is 0.0654 e. The average molecular weight is 309 g/mol. The first-order chi connectivity index (χ1) is 11.4. The van der Waals surface area contributed by atoms with Gasteiger partial charge in [-0.15, -0.1) is 0 Å². The molecule has 0 aliphatic carbocycles. The Morgan fingerprint density at radius 1 is 0.652 bits per heavy atom. The van der Waals surface area contributed by atoms with E-state index in [4.69, 9.17) is 0 Å². The molecule has 23 heavy (non-hydrogen) atoms. The Labute approximate surface area is 143 Å². The number of hydrogen-bond donors (Lipinski definition) is 0. The molecule has 2 aromatic rings. The van der Waals surface area contributed by atoms with Crippen molar-refractivity contribution in [2.45, 2.75) is 70.6 Å². The number of rotatable bonds is 11. The lowest BCUT2D eigenvalue weighted by Crippen LogP contribution is -2.00. The minimum atomic E-state index is 0.754. The third-order valence-corrected chi connectivity index (χ3v) is 4.79. The molecule has 0 fully saturated rings. The maximum atomic E-state index is 2.32. The van der Waals surface area contributed by atoms with Crippen LogP contribution in [0.1, 0.15) is 75.3 Å². The zero-order chi connectivity index (χ0) is 16.2. The number of aryl methyl sites for hydroxylation is 1. The lowest BCUT2D eigenvalue weighted by Gasteiger charge is -2.17. The molecule has 0 aromatic heterocycles. The van der Waals surface area contributed by atoms with Crippen LogP contribution in [0.3, 0.4) is 0 Å². The highest BCUT2D eigenvalue weighted by atomic mass is 14.2. The van der Waals surface area contributed by atoms with E-state index in [0.717, 1.165) is 5.92 Å². The van der Waals surface area contributed by atoms with Crippen LogP contribution in [0.2, 0.25) is 0 Å². The van der Waals surface area contributed by atoms with E-state index in [-0.39, 0.29) is 0 Å². The van der Waals surface area contributed by atoms with Crippen LogP contribution >= 0.6 is 0 Å². The molecule has 1 unspecified atom stereocenters. The summed E-state index contributed by atoms with van der Waals surface area (Å²) >= 11 is 0. The lowest BCUT2D eigenvalue weighted by molar-refractivity contribution is 0.503. The Balaban J connectivity index is 1.77. The summed E-state index contributed by atoms with van der Waals surface area (Å²) in [5.41, 5.74) is 3.02. The van der Waals surface area contributed by atoms with E-state index in [1.165, 1.54) is 63.4 Å². The molecule has 0 N–H and O–H groups in total. The molecule has 0 amide bonds. The monoisotopic (exact) mass is 308 g/mol. The highest BCUT2D eigenvalue weighted by molar-refractivity contribution is 5.19. The van der Waals surface area contributed by atoms with Gasteiger partial charge in [-0.1, -0.05) is 99.7 Å². The summed E-state index contributed by atoms with van der Waals surface area (Å²) in [6.45, 7) is 2.29. The molecule has 1 atom stereocenters. The fraction of sp³-hybridized carbons (Fsp3) is 0.478. The van der Waals surface area contributed by atoms with Crippen molar-refractivity contribution in [3.8, 4) is 0 Å². The molecule has 0 bridgehead atoms. The summed E-state index contributed by atoms with van der Waals surface area (Å²) in [7, 11) is 0. The number of benzene rings is 2. The molecule has 0 saturated heterocycles. The predicted molar refractivity (Wildman–Crippen MR) is 102 cm³/mol. The van der Waals surface area contributed by atoms with Crippen LogP contribution in [-0.2, 0) is 6.42 Å². The SMILES string of the molecule is CCCCCCC(CCCCc1ccccc1)c1ccccc1. The standard InChI is InChI=1S/C23H32/c1-2-3-4-9-17-23(22-18-10-6-11-19-22)20-13-12-16-21-14-7-5-8-15-21/h5-8,10-11,14-15,18-19,23H,2-4,9,12-13,16-17,20H2,1H3. The zero-order valence-electron chi connectivity index (χ0n) is 14.7. The van der Waals surface area contributed by atoms with Crippen molar-refractivity contribution in [2.24, 2.45) is 0 Å². The predicted octanol–water partition coefficient (Wildman–Crippen LogP) is 7.15. The normalized spacial score (nSPS) is 12.2. The van der Waals surface area contributed by atoms with Crippen molar-refractivity contribution in [1.82, 2.24) is 0 Å². The molecule has 0 saturated carbocycles. The summed E-state index contributed by atoms with van der Waals surface area (Å²) < 4.78 is 0. The molecule has 124 valence electrons. The van der Waals surface area contributed by atoms with Gasteiger partial charge >= 0.3 is 0 Å². The second-order valence-electron chi connectivity index (χ2n) is 6.69. The van der Waals surface area contributed by atoms with Crippen molar-refractivity contribution in [3.63, 3.8) is 0 Å². The summed E-state index contributed by atoms with van der Waals surface area (Å²) in [6, 6.07) is 22.1.